The molecule has 0 saturated heterocycles. The van der Waals surface area contributed by atoms with Gasteiger partial charge in [-0.05, 0) is 37.3 Å². The second-order valence-corrected chi connectivity index (χ2v) is 4.78. The first-order chi connectivity index (χ1) is 10.3. The molecule has 3 rings (SSSR count). The minimum Gasteiger partial charge on any atom is -0.314 e. The third kappa shape index (κ3) is 2.36. The molecule has 0 saturated carbocycles. The van der Waals surface area contributed by atoms with Gasteiger partial charge in [0.05, 0.1) is 11.4 Å². The van der Waals surface area contributed by atoms with E-state index in [2.05, 4.69) is 83.4 Å². The minimum atomic E-state index is 1.08. The topological polar surface area (TPSA) is 6.48 Å². The average molecular weight is 274 g/mol. The number of rotatable bonds is 3. The van der Waals surface area contributed by atoms with Crippen LogP contribution in [0, 0.1) is 0 Å². The van der Waals surface area contributed by atoms with Gasteiger partial charge < -0.3 is 9.80 Å². The smallest absolute Gasteiger partial charge is 0.0697 e. The largest absolute Gasteiger partial charge is 0.314 e. The summed E-state index contributed by atoms with van der Waals surface area (Å²) in [6.45, 7) is 5.92. The van der Waals surface area contributed by atoms with Crippen molar-refractivity contribution in [2.24, 2.45) is 0 Å². The quantitative estimate of drug-likeness (QED) is 0.709. The van der Waals surface area contributed by atoms with Crippen molar-refractivity contribution in [3.05, 3.63) is 91.4 Å². The lowest BCUT2D eigenvalue weighted by Crippen LogP contribution is -2.23. The van der Waals surface area contributed by atoms with Crippen LogP contribution in [0.15, 0.2) is 91.4 Å². The van der Waals surface area contributed by atoms with E-state index in [1.54, 1.807) is 0 Å². The van der Waals surface area contributed by atoms with Gasteiger partial charge in [0.25, 0.3) is 0 Å². The third-order valence-corrected chi connectivity index (χ3v) is 3.58. The van der Waals surface area contributed by atoms with E-state index in [4.69, 9.17) is 0 Å². The fourth-order valence-corrected chi connectivity index (χ4v) is 2.56. The highest BCUT2D eigenvalue weighted by atomic mass is 15.2. The molecule has 0 aliphatic carbocycles. The van der Waals surface area contributed by atoms with Crippen LogP contribution in [0.4, 0.5) is 17.1 Å². The summed E-state index contributed by atoms with van der Waals surface area (Å²) in [7, 11) is 0. The maximum absolute atomic E-state index is 3.90. The molecule has 2 aromatic rings. The molecule has 0 aromatic heterocycles. The summed E-state index contributed by atoms with van der Waals surface area (Å²) >= 11 is 0. The first kappa shape index (κ1) is 13.3. The van der Waals surface area contributed by atoms with Gasteiger partial charge >= 0.3 is 0 Å². The van der Waals surface area contributed by atoms with Gasteiger partial charge in [0.15, 0.2) is 0 Å². The number of benzene rings is 2. The predicted octanol–water partition coefficient (Wildman–Crippen LogP) is 5.21. The van der Waals surface area contributed by atoms with Crippen molar-refractivity contribution in [1.29, 1.82) is 0 Å². The molecule has 0 fully saturated rings. The molecule has 1 heterocycles. The molecule has 21 heavy (non-hydrogen) atoms. The number of fused-ring (bicyclic) bond motifs is 1. The van der Waals surface area contributed by atoms with Crippen LogP contribution in [0.5, 0.6) is 0 Å². The third-order valence-electron chi connectivity index (χ3n) is 3.58. The Morgan fingerprint density at radius 1 is 0.905 bits per heavy atom. The maximum Gasteiger partial charge on any atom is 0.0697 e. The van der Waals surface area contributed by atoms with Crippen molar-refractivity contribution in [3.63, 3.8) is 0 Å². The summed E-state index contributed by atoms with van der Waals surface area (Å²) in [5, 5.41) is 0. The number of anilines is 3. The lowest BCUT2D eigenvalue weighted by Gasteiger charge is -2.34. The van der Waals surface area contributed by atoms with Crippen LogP contribution >= 0.6 is 0 Å². The molecule has 0 radical (unpaired) electrons. The van der Waals surface area contributed by atoms with Crippen molar-refractivity contribution in [3.8, 4) is 0 Å². The number of nitrogens with zero attached hydrogens (tertiary/aromatic N) is 2. The molecule has 0 unspecified atom stereocenters. The Kier molecular flexibility index (Phi) is 3.61. The normalized spacial score (nSPS) is 14.0. The Labute approximate surface area is 125 Å². The van der Waals surface area contributed by atoms with E-state index >= 15 is 0 Å². The molecule has 0 atom stereocenters. The molecule has 2 nitrogen and oxygen atoms in total. The van der Waals surface area contributed by atoms with Gasteiger partial charge in [-0.25, -0.2) is 0 Å². The van der Waals surface area contributed by atoms with Crippen LogP contribution in [0.2, 0.25) is 0 Å². The zero-order valence-electron chi connectivity index (χ0n) is 12.1. The maximum atomic E-state index is 3.90. The Bertz CT molecular complexity index is 699. The van der Waals surface area contributed by atoms with Gasteiger partial charge in [0, 0.05) is 23.8 Å². The van der Waals surface area contributed by atoms with E-state index in [1.807, 2.05) is 19.1 Å². The highest BCUT2D eigenvalue weighted by Crippen LogP contribution is 2.39. The zero-order valence-corrected chi connectivity index (χ0v) is 12.1. The molecule has 1 aliphatic heterocycles. The van der Waals surface area contributed by atoms with Crippen molar-refractivity contribution >= 4 is 17.1 Å². The molecule has 0 spiro atoms. The molecular weight excluding hydrogens is 256 g/mol. The first-order valence-electron chi connectivity index (χ1n) is 7.05. The highest BCUT2D eigenvalue weighted by Gasteiger charge is 2.20. The summed E-state index contributed by atoms with van der Waals surface area (Å²) in [5.74, 6) is 0. The summed E-state index contributed by atoms with van der Waals surface area (Å²) in [6, 6.07) is 18.8. The van der Waals surface area contributed by atoms with Crippen LogP contribution < -0.4 is 9.80 Å². The number of para-hydroxylation sites is 3. The van der Waals surface area contributed by atoms with Gasteiger partial charge in [-0.2, -0.15) is 0 Å². The van der Waals surface area contributed by atoms with Crippen LogP contribution in [-0.2, 0) is 0 Å². The minimum absolute atomic E-state index is 1.08. The monoisotopic (exact) mass is 274 g/mol. The van der Waals surface area contributed by atoms with Crippen molar-refractivity contribution in [2.45, 2.75) is 6.92 Å². The van der Waals surface area contributed by atoms with Crippen molar-refractivity contribution in [2.75, 3.05) is 9.80 Å². The summed E-state index contributed by atoms with van der Waals surface area (Å²) in [4.78, 5) is 4.35. The van der Waals surface area contributed by atoms with Crippen LogP contribution in [0.1, 0.15) is 6.92 Å². The van der Waals surface area contributed by atoms with E-state index < -0.39 is 0 Å². The van der Waals surface area contributed by atoms with Crippen molar-refractivity contribution < 1.29 is 0 Å². The first-order valence-corrected chi connectivity index (χ1v) is 7.05. The van der Waals surface area contributed by atoms with Gasteiger partial charge in [0.2, 0.25) is 0 Å². The zero-order chi connectivity index (χ0) is 14.7. The number of allylic oxidation sites excluding steroid dienone is 2. The Morgan fingerprint density at radius 2 is 1.57 bits per heavy atom. The van der Waals surface area contributed by atoms with E-state index in [1.165, 1.54) is 0 Å². The lowest BCUT2D eigenvalue weighted by molar-refractivity contribution is 1.12. The van der Waals surface area contributed by atoms with Gasteiger partial charge in [-0.15, -0.1) is 0 Å². The number of hydrogen-bond donors (Lipinski definition) is 0. The molecule has 0 N–H and O–H groups in total. The summed E-state index contributed by atoms with van der Waals surface area (Å²) < 4.78 is 0. The lowest BCUT2D eigenvalue weighted by atomic mass is 10.1. The van der Waals surface area contributed by atoms with E-state index in [-0.39, 0.29) is 0 Å². The Morgan fingerprint density at radius 3 is 2.24 bits per heavy atom. The van der Waals surface area contributed by atoms with Crippen LogP contribution in [-0.4, -0.2) is 0 Å². The molecule has 2 heteroatoms. The Balaban J connectivity index is 2.10. The summed E-state index contributed by atoms with van der Waals surface area (Å²) in [6.07, 6.45) is 8.10. The molecule has 2 aromatic carbocycles. The van der Waals surface area contributed by atoms with E-state index in [9.17, 15) is 0 Å². The second-order valence-electron chi connectivity index (χ2n) is 4.78. The Hall–Kier alpha value is -2.74. The van der Waals surface area contributed by atoms with Gasteiger partial charge in [-0.1, -0.05) is 43.0 Å². The van der Waals surface area contributed by atoms with E-state index in [0.29, 0.717) is 0 Å². The SMILES string of the molecule is C=C/C(=C\C)N1C=CN(c2ccccc2)c2ccccc21. The molecular formula is C19H18N2. The molecule has 104 valence electrons. The van der Waals surface area contributed by atoms with Gasteiger partial charge in [-0.3, -0.25) is 0 Å². The van der Waals surface area contributed by atoms with Crippen LogP contribution in [0.25, 0.3) is 0 Å². The molecule has 0 bridgehead atoms. The summed E-state index contributed by atoms with van der Waals surface area (Å²) in [5.41, 5.74) is 4.54. The van der Waals surface area contributed by atoms with Crippen LogP contribution in [0.3, 0.4) is 0 Å². The predicted molar refractivity (Wildman–Crippen MR) is 90.6 cm³/mol. The molecule has 1 aliphatic rings. The molecule has 0 amide bonds. The average Bonchev–Trinajstić information content (AvgIpc) is 2.57. The number of hydrogen-bond acceptors (Lipinski definition) is 2. The fourth-order valence-electron chi connectivity index (χ4n) is 2.56. The fraction of sp³-hybridized carbons (Fsp3) is 0.0526. The van der Waals surface area contributed by atoms with Crippen molar-refractivity contribution in [1.82, 2.24) is 0 Å². The standard InChI is InChI=1S/C19H18N2/c1-3-16(4-2)20-14-15-21(17-10-6-5-7-11-17)19-13-9-8-12-18(19)20/h3-15H,1H2,2H3/b16-4+. The van der Waals surface area contributed by atoms with Gasteiger partial charge in [0.1, 0.15) is 0 Å². The second kappa shape index (κ2) is 5.71. The van der Waals surface area contributed by atoms with E-state index in [0.717, 1.165) is 22.8 Å². The highest BCUT2D eigenvalue weighted by molar-refractivity contribution is 5.83.